The Kier molecular flexibility index (Phi) is 3.78. The lowest BCUT2D eigenvalue weighted by atomic mass is 10.0. The predicted molar refractivity (Wildman–Crippen MR) is 98.6 cm³/mol. The van der Waals surface area contributed by atoms with Crippen LogP contribution >= 0.6 is 11.8 Å². The highest BCUT2D eigenvalue weighted by molar-refractivity contribution is 8.14. The number of nitrogens with zero attached hydrogens (tertiary/aromatic N) is 1. The lowest BCUT2D eigenvalue weighted by molar-refractivity contribution is 0.409. The van der Waals surface area contributed by atoms with Gasteiger partial charge in [-0.2, -0.15) is 5.10 Å². The highest BCUT2D eigenvalue weighted by Gasteiger charge is 2.27. The molecule has 1 aliphatic rings. The molecule has 3 aromatic carbocycles. The van der Waals surface area contributed by atoms with E-state index in [2.05, 4.69) is 28.7 Å². The molecule has 4 rings (SSSR count). The number of phenolic OH excluding ortho intramolecular Hbond substituents is 1. The zero-order valence-corrected chi connectivity index (χ0v) is 13.9. The van der Waals surface area contributed by atoms with Crippen LogP contribution in [0.3, 0.4) is 0 Å². The Labute approximate surface area is 144 Å². The fourth-order valence-corrected chi connectivity index (χ4v) is 4.00. The second-order valence-electron chi connectivity index (χ2n) is 5.46. The Morgan fingerprint density at radius 1 is 1.04 bits per heavy atom. The first kappa shape index (κ1) is 14.9. The molecule has 0 unspecified atom stereocenters. The van der Waals surface area contributed by atoms with Crippen LogP contribution in [0, 0.1) is 0 Å². The Hall–Kier alpha value is -2.66. The molecule has 0 amide bonds. The molecule has 120 valence electrons. The smallest absolute Gasteiger partial charge is 0.129 e. The van der Waals surface area contributed by atoms with Crippen LogP contribution in [0.15, 0.2) is 65.8 Å². The Morgan fingerprint density at radius 3 is 2.67 bits per heavy atom. The molecule has 24 heavy (non-hydrogen) atoms. The molecule has 2 N–H and O–H groups in total. The number of methoxy groups -OCH3 is 1. The van der Waals surface area contributed by atoms with Crippen molar-refractivity contribution in [1.29, 1.82) is 0 Å². The molecule has 0 aliphatic carbocycles. The van der Waals surface area contributed by atoms with Gasteiger partial charge in [-0.25, -0.2) is 0 Å². The van der Waals surface area contributed by atoms with E-state index in [-0.39, 0.29) is 11.1 Å². The van der Waals surface area contributed by atoms with Crippen LogP contribution in [0.5, 0.6) is 11.5 Å². The number of hydrazone groups is 1. The van der Waals surface area contributed by atoms with Gasteiger partial charge in [0, 0.05) is 5.56 Å². The van der Waals surface area contributed by atoms with Crippen LogP contribution in [0.25, 0.3) is 10.8 Å². The summed E-state index contributed by atoms with van der Waals surface area (Å²) in [6.07, 6.45) is 0. The number of para-hydroxylation sites is 1. The zero-order chi connectivity index (χ0) is 16.5. The van der Waals surface area contributed by atoms with Crippen molar-refractivity contribution >= 4 is 27.6 Å². The molecule has 4 nitrogen and oxygen atoms in total. The normalized spacial score (nSPS) is 16.7. The van der Waals surface area contributed by atoms with Crippen molar-refractivity contribution in [1.82, 2.24) is 5.43 Å². The molecule has 5 heteroatoms. The average Bonchev–Trinajstić information content (AvgIpc) is 3.10. The van der Waals surface area contributed by atoms with Gasteiger partial charge in [-0.1, -0.05) is 54.2 Å². The number of rotatable bonds is 3. The summed E-state index contributed by atoms with van der Waals surface area (Å²) in [6.45, 7) is 0. The third-order valence-electron chi connectivity index (χ3n) is 4.06. The minimum atomic E-state index is -0.0688. The number of fused-ring (bicyclic) bond motifs is 1. The van der Waals surface area contributed by atoms with Crippen molar-refractivity contribution in [3.63, 3.8) is 0 Å². The van der Waals surface area contributed by atoms with Crippen molar-refractivity contribution in [2.75, 3.05) is 7.11 Å². The monoisotopic (exact) mass is 336 g/mol. The van der Waals surface area contributed by atoms with E-state index in [1.807, 2.05) is 30.3 Å². The number of phenols is 1. The fourth-order valence-electron chi connectivity index (χ4n) is 2.91. The molecule has 0 aromatic heterocycles. The molecule has 3 aromatic rings. The van der Waals surface area contributed by atoms with Crippen molar-refractivity contribution in [2.24, 2.45) is 5.10 Å². The molecule has 0 radical (unpaired) electrons. The lowest BCUT2D eigenvalue weighted by Crippen LogP contribution is -2.09. The summed E-state index contributed by atoms with van der Waals surface area (Å²) in [7, 11) is 1.68. The van der Waals surface area contributed by atoms with Gasteiger partial charge >= 0.3 is 0 Å². The number of aromatic hydroxyl groups is 1. The maximum absolute atomic E-state index is 10.1. The summed E-state index contributed by atoms with van der Waals surface area (Å²) >= 11 is 1.57. The predicted octanol–water partition coefficient (Wildman–Crippen LogP) is 4.25. The van der Waals surface area contributed by atoms with Gasteiger partial charge in [-0.15, -0.1) is 0 Å². The van der Waals surface area contributed by atoms with Crippen molar-refractivity contribution < 1.29 is 9.84 Å². The van der Waals surface area contributed by atoms with Crippen LogP contribution < -0.4 is 10.2 Å². The number of hydrogen-bond acceptors (Lipinski definition) is 5. The summed E-state index contributed by atoms with van der Waals surface area (Å²) in [5, 5.41) is 17.5. The summed E-state index contributed by atoms with van der Waals surface area (Å²) < 4.78 is 5.58. The number of nitrogens with one attached hydrogen (secondary N) is 1. The third-order valence-corrected chi connectivity index (χ3v) is 5.17. The van der Waals surface area contributed by atoms with E-state index in [1.54, 1.807) is 31.0 Å². The molecule has 0 bridgehead atoms. The minimum absolute atomic E-state index is 0.0688. The first-order chi connectivity index (χ1) is 11.8. The number of thioether (sulfide) groups is 1. The maximum Gasteiger partial charge on any atom is 0.129 e. The topological polar surface area (TPSA) is 53.8 Å². The van der Waals surface area contributed by atoms with Crippen LogP contribution in [-0.4, -0.2) is 17.3 Å². The Morgan fingerprint density at radius 2 is 1.83 bits per heavy atom. The highest BCUT2D eigenvalue weighted by atomic mass is 32.2. The van der Waals surface area contributed by atoms with E-state index in [0.29, 0.717) is 0 Å². The maximum atomic E-state index is 10.1. The molecular formula is C19H16N2O2S. The second-order valence-corrected chi connectivity index (χ2v) is 6.56. The Balaban J connectivity index is 1.74. The quantitative estimate of drug-likeness (QED) is 0.751. The van der Waals surface area contributed by atoms with Crippen LogP contribution in [0.1, 0.15) is 16.5 Å². The molecule has 0 spiro atoms. The molecule has 0 saturated heterocycles. The first-order valence-corrected chi connectivity index (χ1v) is 8.50. The summed E-state index contributed by atoms with van der Waals surface area (Å²) in [5.74, 6) is 1.06. The molecule has 0 fully saturated rings. The first-order valence-electron chi connectivity index (χ1n) is 7.62. The van der Waals surface area contributed by atoms with Gasteiger partial charge in [0.15, 0.2) is 0 Å². The standard InChI is InChI=1S/C19H16N2O2S/c1-23-16-11-10-12-6-2-3-7-13(12)17(16)19-21-20-18(24-19)14-8-4-5-9-15(14)22/h2-11,19,21-22H,1H3/t19-/m1/s1. The summed E-state index contributed by atoms with van der Waals surface area (Å²) in [6, 6.07) is 19.5. The van der Waals surface area contributed by atoms with Crippen molar-refractivity contribution in [3.8, 4) is 11.5 Å². The van der Waals surface area contributed by atoms with Crippen molar-refractivity contribution in [2.45, 2.75) is 5.37 Å². The Bertz CT molecular complexity index is 940. The van der Waals surface area contributed by atoms with E-state index >= 15 is 0 Å². The average molecular weight is 336 g/mol. The molecule has 1 heterocycles. The van der Waals surface area contributed by atoms with Crippen LogP contribution in [0.2, 0.25) is 0 Å². The van der Waals surface area contributed by atoms with E-state index in [9.17, 15) is 5.11 Å². The van der Waals surface area contributed by atoms with Gasteiger partial charge in [0.05, 0.1) is 12.7 Å². The highest BCUT2D eigenvalue weighted by Crippen LogP contribution is 2.43. The van der Waals surface area contributed by atoms with Crippen molar-refractivity contribution in [3.05, 3.63) is 71.8 Å². The largest absolute Gasteiger partial charge is 0.507 e. The van der Waals surface area contributed by atoms with Gasteiger partial charge in [-0.3, -0.25) is 5.43 Å². The van der Waals surface area contributed by atoms with Gasteiger partial charge in [0.25, 0.3) is 0 Å². The number of ether oxygens (including phenoxy) is 1. The second kappa shape index (κ2) is 6.09. The molecule has 1 aliphatic heterocycles. The summed E-state index contributed by atoms with van der Waals surface area (Å²) in [5.41, 5.74) is 4.97. The molecule has 1 atom stereocenters. The number of hydrogen-bond donors (Lipinski definition) is 2. The van der Waals surface area contributed by atoms with Gasteiger partial charge in [-0.05, 0) is 29.0 Å². The lowest BCUT2D eigenvalue weighted by Gasteiger charge is -2.17. The van der Waals surface area contributed by atoms with Crippen LogP contribution in [0.4, 0.5) is 0 Å². The SMILES string of the molecule is COc1ccc2ccccc2c1[C@@H]1NN=C(c2ccccc2O)S1. The number of benzene rings is 3. The molecule has 0 saturated carbocycles. The fraction of sp³-hybridized carbons (Fsp3) is 0.105. The van der Waals surface area contributed by atoms with E-state index < -0.39 is 0 Å². The third kappa shape index (κ3) is 2.47. The zero-order valence-electron chi connectivity index (χ0n) is 13.1. The van der Waals surface area contributed by atoms with Gasteiger partial charge < -0.3 is 9.84 Å². The minimum Gasteiger partial charge on any atom is -0.507 e. The van der Waals surface area contributed by atoms with Gasteiger partial charge in [0.1, 0.15) is 21.9 Å². The van der Waals surface area contributed by atoms with E-state index in [0.717, 1.165) is 32.7 Å². The van der Waals surface area contributed by atoms with E-state index in [4.69, 9.17) is 4.74 Å². The van der Waals surface area contributed by atoms with Crippen LogP contribution in [-0.2, 0) is 0 Å². The summed E-state index contributed by atoms with van der Waals surface area (Å²) in [4.78, 5) is 0. The van der Waals surface area contributed by atoms with Gasteiger partial charge in [0.2, 0.25) is 0 Å². The van der Waals surface area contributed by atoms with E-state index in [1.165, 1.54) is 0 Å². The molecular weight excluding hydrogens is 320 g/mol.